The quantitative estimate of drug-likeness (QED) is 0.215. The van der Waals surface area contributed by atoms with Gasteiger partial charge in [-0.05, 0) is 63.4 Å². The van der Waals surface area contributed by atoms with E-state index < -0.39 is 0 Å². The van der Waals surface area contributed by atoms with Crippen LogP contribution in [0.4, 0.5) is 0 Å². The van der Waals surface area contributed by atoms with Crippen LogP contribution in [0.5, 0.6) is 5.75 Å². The predicted molar refractivity (Wildman–Crippen MR) is 132 cm³/mol. The van der Waals surface area contributed by atoms with Gasteiger partial charge in [-0.2, -0.15) is 0 Å². The standard InChI is InChI=1S/C22H38N4O2.HI/c1-5-10-26-11-8-19(9-12-26)16-24-22(23-3)25-17-20-7-6-18(2)15-21(20)28-14-13-27-4;/h6-7,15,19H,5,8-14,16-17H2,1-4H3,(H2,23,24,25);1H. The Morgan fingerprint density at radius 2 is 1.97 bits per heavy atom. The number of aryl methyl sites for hydroxylation is 1. The SMILES string of the molecule is CCCN1CCC(CNC(=NC)NCc2ccc(C)cc2OCCOC)CC1.I. The van der Waals surface area contributed by atoms with Gasteiger partial charge >= 0.3 is 0 Å². The monoisotopic (exact) mass is 518 g/mol. The molecule has 0 atom stereocenters. The molecule has 1 aliphatic heterocycles. The molecule has 1 aromatic carbocycles. The zero-order chi connectivity index (χ0) is 20.2. The van der Waals surface area contributed by atoms with Gasteiger partial charge in [0.05, 0.1) is 6.61 Å². The first kappa shape index (κ1) is 26.0. The number of methoxy groups -OCH3 is 1. The molecule has 0 amide bonds. The minimum absolute atomic E-state index is 0. The molecule has 0 unspecified atom stereocenters. The molecule has 2 rings (SSSR count). The first-order valence-corrected chi connectivity index (χ1v) is 10.5. The fourth-order valence-corrected chi connectivity index (χ4v) is 3.55. The number of aliphatic imine (C=N–C) groups is 1. The minimum Gasteiger partial charge on any atom is -0.491 e. The van der Waals surface area contributed by atoms with Gasteiger partial charge in [-0.15, -0.1) is 24.0 Å². The number of hydrogen-bond donors (Lipinski definition) is 2. The molecule has 0 bridgehead atoms. The summed E-state index contributed by atoms with van der Waals surface area (Å²) in [5, 5.41) is 6.92. The fourth-order valence-electron chi connectivity index (χ4n) is 3.55. The van der Waals surface area contributed by atoms with Gasteiger partial charge < -0.3 is 25.0 Å². The lowest BCUT2D eigenvalue weighted by molar-refractivity contribution is 0.145. The van der Waals surface area contributed by atoms with Gasteiger partial charge in [0, 0.05) is 32.8 Å². The third-order valence-electron chi connectivity index (χ3n) is 5.24. The number of hydrogen-bond acceptors (Lipinski definition) is 4. The number of piperidine rings is 1. The van der Waals surface area contributed by atoms with Crippen molar-refractivity contribution in [2.75, 3.05) is 53.6 Å². The largest absolute Gasteiger partial charge is 0.491 e. The van der Waals surface area contributed by atoms with E-state index in [1.807, 2.05) is 7.05 Å². The van der Waals surface area contributed by atoms with Crippen LogP contribution >= 0.6 is 24.0 Å². The van der Waals surface area contributed by atoms with E-state index in [2.05, 4.69) is 52.6 Å². The summed E-state index contributed by atoms with van der Waals surface area (Å²) in [6, 6.07) is 6.30. The highest BCUT2D eigenvalue weighted by Gasteiger charge is 2.18. The Morgan fingerprint density at radius 1 is 1.21 bits per heavy atom. The van der Waals surface area contributed by atoms with Crippen molar-refractivity contribution in [3.05, 3.63) is 29.3 Å². The fraction of sp³-hybridized carbons (Fsp3) is 0.682. The van der Waals surface area contributed by atoms with Crippen LogP contribution in [0.3, 0.4) is 0 Å². The number of nitrogens with zero attached hydrogens (tertiary/aromatic N) is 2. The van der Waals surface area contributed by atoms with Crippen LogP contribution < -0.4 is 15.4 Å². The van der Waals surface area contributed by atoms with E-state index in [-0.39, 0.29) is 24.0 Å². The number of halogens is 1. The van der Waals surface area contributed by atoms with Crippen molar-refractivity contribution < 1.29 is 9.47 Å². The van der Waals surface area contributed by atoms with Crippen LogP contribution in [0.2, 0.25) is 0 Å². The molecular weight excluding hydrogens is 479 g/mol. The smallest absolute Gasteiger partial charge is 0.191 e. The van der Waals surface area contributed by atoms with E-state index in [0.29, 0.717) is 19.8 Å². The Kier molecular flexibility index (Phi) is 13.3. The maximum Gasteiger partial charge on any atom is 0.191 e. The Labute approximate surface area is 193 Å². The average molecular weight is 518 g/mol. The lowest BCUT2D eigenvalue weighted by Gasteiger charge is -2.32. The Bertz CT molecular complexity index is 604. The molecule has 7 heteroatoms. The van der Waals surface area contributed by atoms with Crippen molar-refractivity contribution in [3.8, 4) is 5.75 Å². The lowest BCUT2D eigenvalue weighted by atomic mass is 9.97. The summed E-state index contributed by atoms with van der Waals surface area (Å²) >= 11 is 0. The molecule has 0 radical (unpaired) electrons. The van der Waals surface area contributed by atoms with E-state index >= 15 is 0 Å². The predicted octanol–water partition coefficient (Wildman–Crippen LogP) is 3.43. The van der Waals surface area contributed by atoms with Gasteiger partial charge in [-0.1, -0.05) is 19.1 Å². The van der Waals surface area contributed by atoms with Gasteiger partial charge in [0.25, 0.3) is 0 Å². The van der Waals surface area contributed by atoms with Gasteiger partial charge in [0.2, 0.25) is 0 Å². The zero-order valence-corrected chi connectivity index (χ0v) is 20.8. The molecule has 29 heavy (non-hydrogen) atoms. The molecule has 0 aliphatic carbocycles. The Balaban J connectivity index is 0.00000420. The molecule has 6 nitrogen and oxygen atoms in total. The van der Waals surface area contributed by atoms with E-state index in [0.717, 1.165) is 29.7 Å². The zero-order valence-electron chi connectivity index (χ0n) is 18.5. The van der Waals surface area contributed by atoms with Crippen molar-refractivity contribution in [1.82, 2.24) is 15.5 Å². The third-order valence-corrected chi connectivity index (χ3v) is 5.24. The maximum atomic E-state index is 5.88. The Morgan fingerprint density at radius 3 is 2.62 bits per heavy atom. The molecule has 1 aliphatic rings. The first-order valence-electron chi connectivity index (χ1n) is 10.5. The van der Waals surface area contributed by atoms with E-state index in [9.17, 15) is 0 Å². The molecule has 1 aromatic rings. The number of likely N-dealkylation sites (tertiary alicyclic amines) is 1. The van der Waals surface area contributed by atoms with Crippen molar-refractivity contribution >= 4 is 29.9 Å². The number of ether oxygens (including phenoxy) is 2. The summed E-state index contributed by atoms with van der Waals surface area (Å²) in [5.41, 5.74) is 2.31. The highest BCUT2D eigenvalue weighted by atomic mass is 127. The van der Waals surface area contributed by atoms with E-state index in [1.165, 1.54) is 44.5 Å². The first-order chi connectivity index (χ1) is 13.7. The topological polar surface area (TPSA) is 58.1 Å². The van der Waals surface area contributed by atoms with Crippen molar-refractivity contribution in [1.29, 1.82) is 0 Å². The average Bonchev–Trinajstić information content (AvgIpc) is 2.71. The van der Waals surface area contributed by atoms with E-state index in [1.54, 1.807) is 7.11 Å². The van der Waals surface area contributed by atoms with Crippen LogP contribution in [-0.4, -0.2) is 64.4 Å². The number of guanidine groups is 1. The van der Waals surface area contributed by atoms with Gasteiger partial charge in [-0.25, -0.2) is 0 Å². The molecule has 0 spiro atoms. The number of benzene rings is 1. The van der Waals surface area contributed by atoms with E-state index in [4.69, 9.17) is 9.47 Å². The van der Waals surface area contributed by atoms with Crippen LogP contribution in [0.25, 0.3) is 0 Å². The summed E-state index contributed by atoms with van der Waals surface area (Å²) in [7, 11) is 3.51. The van der Waals surface area contributed by atoms with Crippen molar-refractivity contribution in [2.45, 2.75) is 39.7 Å². The summed E-state index contributed by atoms with van der Waals surface area (Å²) in [5.74, 6) is 2.47. The molecule has 0 saturated carbocycles. The van der Waals surface area contributed by atoms with Crippen LogP contribution in [0, 0.1) is 12.8 Å². The van der Waals surface area contributed by atoms with Crippen LogP contribution in [0.1, 0.15) is 37.3 Å². The molecule has 0 aromatic heterocycles. The maximum absolute atomic E-state index is 5.88. The van der Waals surface area contributed by atoms with Gasteiger partial charge in [0.1, 0.15) is 12.4 Å². The lowest BCUT2D eigenvalue weighted by Crippen LogP contribution is -2.42. The molecule has 1 saturated heterocycles. The van der Waals surface area contributed by atoms with Crippen LogP contribution in [-0.2, 0) is 11.3 Å². The summed E-state index contributed by atoms with van der Waals surface area (Å²) < 4.78 is 11.0. The van der Waals surface area contributed by atoms with Crippen molar-refractivity contribution in [2.24, 2.45) is 10.9 Å². The second-order valence-corrected chi connectivity index (χ2v) is 7.54. The van der Waals surface area contributed by atoms with Crippen LogP contribution in [0.15, 0.2) is 23.2 Å². The Hall–Kier alpha value is -1.06. The normalized spacial score (nSPS) is 15.7. The molecular formula is C22H39IN4O2. The molecule has 1 heterocycles. The second kappa shape index (κ2) is 14.8. The molecule has 2 N–H and O–H groups in total. The van der Waals surface area contributed by atoms with Gasteiger partial charge in [-0.3, -0.25) is 4.99 Å². The second-order valence-electron chi connectivity index (χ2n) is 7.54. The highest BCUT2D eigenvalue weighted by molar-refractivity contribution is 14.0. The summed E-state index contributed by atoms with van der Waals surface area (Å²) in [6.07, 6.45) is 3.77. The minimum atomic E-state index is 0. The number of nitrogens with one attached hydrogen (secondary N) is 2. The highest BCUT2D eigenvalue weighted by Crippen LogP contribution is 2.20. The summed E-state index contributed by atoms with van der Waals surface area (Å²) in [4.78, 5) is 6.95. The number of rotatable bonds is 10. The molecule has 166 valence electrons. The summed E-state index contributed by atoms with van der Waals surface area (Å²) in [6.45, 7) is 10.8. The van der Waals surface area contributed by atoms with Gasteiger partial charge in [0.15, 0.2) is 5.96 Å². The third kappa shape index (κ3) is 9.53. The molecule has 1 fully saturated rings. The van der Waals surface area contributed by atoms with Crippen molar-refractivity contribution in [3.63, 3.8) is 0 Å².